The van der Waals surface area contributed by atoms with Crippen molar-refractivity contribution < 1.29 is 14.7 Å². The number of urea groups is 1. The largest absolute Gasteiger partial charge is 0.478 e. The molecule has 1 saturated heterocycles. The predicted octanol–water partition coefficient (Wildman–Crippen LogP) is 3.49. The number of benzene rings is 1. The number of carboxylic acids is 1. The van der Waals surface area contributed by atoms with E-state index in [0.29, 0.717) is 11.3 Å². The van der Waals surface area contributed by atoms with E-state index in [-0.39, 0.29) is 17.6 Å². The first-order valence-corrected chi connectivity index (χ1v) is 7.40. The summed E-state index contributed by atoms with van der Waals surface area (Å²) in [6.45, 7) is 4.55. The fourth-order valence-corrected chi connectivity index (χ4v) is 2.70. The van der Waals surface area contributed by atoms with Crippen molar-refractivity contribution in [2.75, 3.05) is 11.9 Å². The Kier molecular flexibility index (Phi) is 4.83. The number of nitrogens with one attached hydrogen (secondary N) is 1. The number of hydrogen-bond acceptors (Lipinski definition) is 2. The van der Waals surface area contributed by atoms with Gasteiger partial charge in [-0.2, -0.15) is 0 Å². The highest BCUT2D eigenvalue weighted by Gasteiger charge is 2.22. The van der Waals surface area contributed by atoms with Crippen molar-refractivity contribution in [1.29, 1.82) is 0 Å². The number of carbonyl (C=O) groups is 2. The maximum atomic E-state index is 12.4. The van der Waals surface area contributed by atoms with Crippen molar-refractivity contribution in [2.45, 2.75) is 45.6 Å². The number of aryl methyl sites for hydroxylation is 1. The van der Waals surface area contributed by atoms with E-state index in [0.717, 1.165) is 32.2 Å². The molecule has 1 aromatic rings. The Morgan fingerprint density at radius 2 is 2.05 bits per heavy atom. The summed E-state index contributed by atoms with van der Waals surface area (Å²) in [5, 5.41) is 11.9. The number of nitrogens with zero attached hydrogens (tertiary/aromatic N) is 1. The zero-order valence-electron chi connectivity index (χ0n) is 12.6. The Morgan fingerprint density at radius 1 is 1.29 bits per heavy atom. The van der Waals surface area contributed by atoms with Crippen LogP contribution in [0, 0.1) is 6.92 Å². The van der Waals surface area contributed by atoms with Gasteiger partial charge in [-0.1, -0.05) is 18.9 Å². The van der Waals surface area contributed by atoms with E-state index in [2.05, 4.69) is 12.2 Å². The summed E-state index contributed by atoms with van der Waals surface area (Å²) >= 11 is 0. The third-order valence-electron chi connectivity index (χ3n) is 4.03. The first kappa shape index (κ1) is 15.4. The van der Waals surface area contributed by atoms with Crippen molar-refractivity contribution in [3.8, 4) is 0 Å². The Bertz CT molecular complexity index is 542. The molecule has 1 unspecified atom stereocenters. The van der Waals surface area contributed by atoms with Gasteiger partial charge < -0.3 is 15.3 Å². The van der Waals surface area contributed by atoms with Gasteiger partial charge in [0.05, 0.1) is 5.56 Å². The van der Waals surface area contributed by atoms with Crippen molar-refractivity contribution in [3.63, 3.8) is 0 Å². The van der Waals surface area contributed by atoms with Gasteiger partial charge in [0.2, 0.25) is 0 Å². The molecule has 0 bridgehead atoms. The van der Waals surface area contributed by atoms with Crippen LogP contribution in [0.25, 0.3) is 0 Å². The molecule has 1 heterocycles. The number of hydrogen-bond donors (Lipinski definition) is 2. The number of anilines is 1. The zero-order chi connectivity index (χ0) is 15.4. The van der Waals surface area contributed by atoms with Crippen LogP contribution in [0.3, 0.4) is 0 Å². The molecule has 1 aliphatic rings. The molecule has 0 spiro atoms. The molecule has 1 atom stereocenters. The van der Waals surface area contributed by atoms with Crippen LogP contribution < -0.4 is 5.32 Å². The van der Waals surface area contributed by atoms with Crippen LogP contribution in [-0.4, -0.2) is 34.6 Å². The number of carbonyl (C=O) groups excluding carboxylic acids is 1. The average Bonchev–Trinajstić information content (AvgIpc) is 2.65. The van der Waals surface area contributed by atoms with Gasteiger partial charge in [-0.15, -0.1) is 0 Å². The van der Waals surface area contributed by atoms with Crippen LogP contribution >= 0.6 is 0 Å². The molecule has 2 N–H and O–H groups in total. The highest BCUT2D eigenvalue weighted by molar-refractivity contribution is 5.94. The van der Waals surface area contributed by atoms with E-state index in [1.807, 2.05) is 4.90 Å². The summed E-state index contributed by atoms with van der Waals surface area (Å²) in [7, 11) is 0. The molecule has 2 amide bonds. The van der Waals surface area contributed by atoms with Gasteiger partial charge in [0.1, 0.15) is 0 Å². The van der Waals surface area contributed by atoms with Crippen LogP contribution in [0.5, 0.6) is 0 Å². The van der Waals surface area contributed by atoms with E-state index in [9.17, 15) is 9.59 Å². The van der Waals surface area contributed by atoms with E-state index in [4.69, 9.17) is 5.11 Å². The lowest BCUT2D eigenvalue weighted by atomic mass is 10.1. The summed E-state index contributed by atoms with van der Waals surface area (Å²) in [6.07, 6.45) is 4.34. The SMILES string of the molecule is Cc1ccc(NC(=O)N2CCCCCC2C)cc1C(=O)O. The van der Waals surface area contributed by atoms with Gasteiger partial charge in [-0.3, -0.25) is 0 Å². The Morgan fingerprint density at radius 3 is 2.76 bits per heavy atom. The van der Waals surface area contributed by atoms with Gasteiger partial charge in [0, 0.05) is 18.3 Å². The smallest absolute Gasteiger partial charge is 0.336 e. The monoisotopic (exact) mass is 290 g/mol. The van der Waals surface area contributed by atoms with Crippen LogP contribution in [0.2, 0.25) is 0 Å². The zero-order valence-corrected chi connectivity index (χ0v) is 12.6. The number of rotatable bonds is 2. The summed E-state index contributed by atoms with van der Waals surface area (Å²) < 4.78 is 0. The quantitative estimate of drug-likeness (QED) is 0.876. The number of carboxylic acid groups (broad SMARTS) is 1. The number of likely N-dealkylation sites (tertiary alicyclic amines) is 1. The molecular weight excluding hydrogens is 268 g/mol. The molecule has 0 radical (unpaired) electrons. The van der Waals surface area contributed by atoms with Crippen LogP contribution in [0.1, 0.15) is 48.5 Å². The number of amides is 2. The van der Waals surface area contributed by atoms with Crippen molar-refractivity contribution >= 4 is 17.7 Å². The van der Waals surface area contributed by atoms with Gasteiger partial charge in [-0.05, 0) is 44.4 Å². The van der Waals surface area contributed by atoms with E-state index in [1.54, 1.807) is 19.1 Å². The summed E-state index contributed by atoms with van der Waals surface area (Å²) in [4.78, 5) is 25.3. The van der Waals surface area contributed by atoms with Crippen molar-refractivity contribution in [3.05, 3.63) is 29.3 Å². The summed E-state index contributed by atoms with van der Waals surface area (Å²) in [5.74, 6) is -0.980. The second kappa shape index (κ2) is 6.61. The average molecular weight is 290 g/mol. The van der Waals surface area contributed by atoms with E-state index >= 15 is 0 Å². The minimum absolute atomic E-state index is 0.149. The maximum absolute atomic E-state index is 12.4. The molecular formula is C16H22N2O3. The molecule has 2 rings (SSSR count). The Balaban J connectivity index is 2.11. The third-order valence-corrected chi connectivity index (χ3v) is 4.03. The fourth-order valence-electron chi connectivity index (χ4n) is 2.70. The molecule has 21 heavy (non-hydrogen) atoms. The maximum Gasteiger partial charge on any atom is 0.336 e. The second-order valence-electron chi connectivity index (χ2n) is 5.66. The molecule has 114 valence electrons. The first-order chi connectivity index (χ1) is 9.99. The topological polar surface area (TPSA) is 69.6 Å². The molecule has 5 nitrogen and oxygen atoms in total. The van der Waals surface area contributed by atoms with E-state index in [1.165, 1.54) is 6.07 Å². The number of aromatic carboxylic acids is 1. The lowest BCUT2D eigenvalue weighted by Gasteiger charge is -2.27. The fraction of sp³-hybridized carbons (Fsp3) is 0.500. The molecule has 0 aliphatic carbocycles. The summed E-state index contributed by atoms with van der Waals surface area (Å²) in [6, 6.07) is 5.03. The van der Waals surface area contributed by atoms with E-state index < -0.39 is 5.97 Å². The first-order valence-electron chi connectivity index (χ1n) is 7.40. The minimum atomic E-state index is -0.980. The molecule has 1 aliphatic heterocycles. The summed E-state index contributed by atoms with van der Waals surface area (Å²) in [5.41, 5.74) is 1.43. The molecule has 0 aromatic heterocycles. The Labute approximate surface area is 125 Å². The Hall–Kier alpha value is -2.04. The highest BCUT2D eigenvalue weighted by Crippen LogP contribution is 2.19. The lowest BCUT2D eigenvalue weighted by molar-refractivity contribution is 0.0696. The molecule has 1 fully saturated rings. The highest BCUT2D eigenvalue weighted by atomic mass is 16.4. The molecule has 5 heteroatoms. The van der Waals surface area contributed by atoms with Crippen LogP contribution in [0.15, 0.2) is 18.2 Å². The third kappa shape index (κ3) is 3.74. The van der Waals surface area contributed by atoms with Gasteiger partial charge in [0.25, 0.3) is 0 Å². The van der Waals surface area contributed by atoms with Gasteiger partial charge >= 0.3 is 12.0 Å². The predicted molar refractivity (Wildman–Crippen MR) is 81.8 cm³/mol. The van der Waals surface area contributed by atoms with Crippen molar-refractivity contribution in [2.24, 2.45) is 0 Å². The van der Waals surface area contributed by atoms with Gasteiger partial charge in [-0.25, -0.2) is 9.59 Å². The minimum Gasteiger partial charge on any atom is -0.478 e. The van der Waals surface area contributed by atoms with Gasteiger partial charge in [0.15, 0.2) is 0 Å². The van der Waals surface area contributed by atoms with Crippen LogP contribution in [0.4, 0.5) is 10.5 Å². The van der Waals surface area contributed by atoms with Crippen LogP contribution in [-0.2, 0) is 0 Å². The lowest BCUT2D eigenvalue weighted by Crippen LogP contribution is -2.41. The molecule has 1 aromatic carbocycles. The normalized spacial score (nSPS) is 19.0. The molecule has 0 saturated carbocycles. The standard InChI is InChI=1S/C16H22N2O3/c1-11-7-8-13(10-14(11)15(19)20)17-16(21)18-9-5-3-4-6-12(18)2/h7-8,10,12H,3-6,9H2,1-2H3,(H,17,21)(H,19,20). The second-order valence-corrected chi connectivity index (χ2v) is 5.66. The van der Waals surface area contributed by atoms with Crippen molar-refractivity contribution in [1.82, 2.24) is 4.90 Å².